The molecule has 0 atom stereocenters. The van der Waals surface area contributed by atoms with Gasteiger partial charge in [-0.05, 0) is 47.9 Å². The molecule has 4 aromatic rings. The van der Waals surface area contributed by atoms with Crippen molar-refractivity contribution >= 4 is 11.4 Å². The van der Waals surface area contributed by atoms with Crippen LogP contribution in [0.1, 0.15) is 11.1 Å². The summed E-state index contributed by atoms with van der Waals surface area (Å²) < 4.78 is 0. The standard InChI is InChI=1S/C24H19N3/c1-3-7-21(8-4-1)24-16-13-20(18-25-24)17-19-11-14-23(15-12-19)27-26-22-9-5-2-6-10-22/h1-16,18H,17H2. The van der Waals surface area contributed by atoms with Crippen molar-refractivity contribution < 1.29 is 0 Å². The van der Waals surface area contributed by atoms with Crippen LogP contribution in [0.3, 0.4) is 0 Å². The molecule has 130 valence electrons. The highest BCUT2D eigenvalue weighted by Gasteiger charge is 2.01. The predicted octanol–water partition coefficient (Wildman–Crippen LogP) is 6.75. The van der Waals surface area contributed by atoms with Gasteiger partial charge in [0, 0.05) is 11.8 Å². The van der Waals surface area contributed by atoms with Crippen molar-refractivity contribution in [3.8, 4) is 11.3 Å². The minimum atomic E-state index is 0.845. The number of hydrogen-bond acceptors (Lipinski definition) is 3. The first-order valence-electron chi connectivity index (χ1n) is 8.93. The van der Waals surface area contributed by atoms with Crippen LogP contribution in [0.15, 0.2) is 113 Å². The van der Waals surface area contributed by atoms with Crippen LogP contribution >= 0.6 is 0 Å². The highest BCUT2D eigenvalue weighted by Crippen LogP contribution is 2.21. The SMILES string of the molecule is c1ccc(N=Nc2ccc(Cc3ccc(-c4ccccc4)nc3)cc2)cc1. The molecule has 0 saturated heterocycles. The van der Waals surface area contributed by atoms with Crippen molar-refractivity contribution in [1.82, 2.24) is 4.98 Å². The lowest BCUT2D eigenvalue weighted by Crippen LogP contribution is -1.90. The molecule has 0 fully saturated rings. The zero-order valence-electron chi connectivity index (χ0n) is 14.9. The molecule has 0 aliphatic rings. The van der Waals surface area contributed by atoms with Crippen LogP contribution in [-0.4, -0.2) is 4.98 Å². The third kappa shape index (κ3) is 4.53. The molecular formula is C24H19N3. The van der Waals surface area contributed by atoms with E-state index < -0.39 is 0 Å². The van der Waals surface area contributed by atoms with Crippen molar-refractivity contribution in [3.05, 3.63) is 114 Å². The summed E-state index contributed by atoms with van der Waals surface area (Å²) in [7, 11) is 0. The molecule has 3 nitrogen and oxygen atoms in total. The molecule has 0 bridgehead atoms. The Morgan fingerprint density at radius 3 is 1.78 bits per heavy atom. The van der Waals surface area contributed by atoms with Gasteiger partial charge in [-0.1, -0.05) is 66.7 Å². The summed E-state index contributed by atoms with van der Waals surface area (Å²) in [5.41, 5.74) is 6.25. The first-order valence-corrected chi connectivity index (χ1v) is 8.93. The fraction of sp³-hybridized carbons (Fsp3) is 0.0417. The van der Waals surface area contributed by atoms with Gasteiger partial charge in [0.1, 0.15) is 0 Å². The molecule has 0 aliphatic heterocycles. The molecule has 1 aromatic heterocycles. The Morgan fingerprint density at radius 2 is 1.15 bits per heavy atom. The van der Waals surface area contributed by atoms with Crippen LogP contribution < -0.4 is 0 Å². The minimum Gasteiger partial charge on any atom is -0.256 e. The number of pyridine rings is 1. The van der Waals surface area contributed by atoms with Gasteiger partial charge in [-0.2, -0.15) is 10.2 Å². The van der Waals surface area contributed by atoms with Crippen molar-refractivity contribution in [2.24, 2.45) is 10.2 Å². The zero-order valence-corrected chi connectivity index (χ0v) is 14.9. The summed E-state index contributed by atoms with van der Waals surface area (Å²) >= 11 is 0. The molecule has 1 heterocycles. The van der Waals surface area contributed by atoms with E-state index in [2.05, 4.69) is 51.6 Å². The Morgan fingerprint density at radius 1 is 0.556 bits per heavy atom. The molecule has 0 saturated carbocycles. The fourth-order valence-corrected chi connectivity index (χ4v) is 2.84. The number of hydrogen-bond donors (Lipinski definition) is 0. The first-order chi connectivity index (χ1) is 13.4. The van der Waals surface area contributed by atoms with Crippen LogP contribution in [0.4, 0.5) is 11.4 Å². The maximum atomic E-state index is 4.59. The Balaban J connectivity index is 1.42. The topological polar surface area (TPSA) is 37.6 Å². The number of rotatable bonds is 5. The van der Waals surface area contributed by atoms with Gasteiger partial charge in [-0.3, -0.25) is 4.98 Å². The Labute approximate surface area is 159 Å². The lowest BCUT2D eigenvalue weighted by Gasteiger charge is -2.04. The highest BCUT2D eigenvalue weighted by atomic mass is 15.1. The summed E-state index contributed by atoms with van der Waals surface area (Å²) in [6.45, 7) is 0. The lowest BCUT2D eigenvalue weighted by molar-refractivity contribution is 1.14. The number of benzene rings is 3. The minimum absolute atomic E-state index is 0.845. The second kappa shape index (κ2) is 8.19. The van der Waals surface area contributed by atoms with Crippen molar-refractivity contribution in [2.45, 2.75) is 6.42 Å². The number of aromatic nitrogens is 1. The maximum Gasteiger partial charge on any atom is 0.0857 e. The summed E-state index contributed by atoms with van der Waals surface area (Å²) in [6.07, 6.45) is 2.80. The molecule has 3 aromatic carbocycles. The Hall–Kier alpha value is -3.59. The molecule has 0 unspecified atom stereocenters. The van der Waals surface area contributed by atoms with Gasteiger partial charge in [0.05, 0.1) is 17.1 Å². The van der Waals surface area contributed by atoms with E-state index in [9.17, 15) is 0 Å². The summed E-state index contributed by atoms with van der Waals surface area (Å²) in [4.78, 5) is 4.59. The Bertz CT molecular complexity index is 1010. The largest absolute Gasteiger partial charge is 0.256 e. The average molecular weight is 349 g/mol. The zero-order chi connectivity index (χ0) is 18.3. The van der Waals surface area contributed by atoms with Gasteiger partial charge < -0.3 is 0 Å². The van der Waals surface area contributed by atoms with Gasteiger partial charge in [0.25, 0.3) is 0 Å². The van der Waals surface area contributed by atoms with E-state index in [0.29, 0.717) is 0 Å². The van der Waals surface area contributed by atoms with Crippen LogP contribution in [0.2, 0.25) is 0 Å². The summed E-state index contributed by atoms with van der Waals surface area (Å²) in [5, 5.41) is 8.53. The second-order valence-corrected chi connectivity index (χ2v) is 6.30. The van der Waals surface area contributed by atoms with Gasteiger partial charge in [-0.25, -0.2) is 0 Å². The summed E-state index contributed by atoms with van der Waals surface area (Å²) in [6, 6.07) is 32.3. The van der Waals surface area contributed by atoms with Crippen LogP contribution in [0.5, 0.6) is 0 Å². The van der Waals surface area contributed by atoms with E-state index in [1.807, 2.05) is 66.9 Å². The molecular weight excluding hydrogens is 330 g/mol. The van der Waals surface area contributed by atoms with E-state index in [1.165, 1.54) is 11.1 Å². The van der Waals surface area contributed by atoms with Crippen molar-refractivity contribution in [1.29, 1.82) is 0 Å². The quantitative estimate of drug-likeness (QED) is 0.367. The monoisotopic (exact) mass is 349 g/mol. The molecule has 0 radical (unpaired) electrons. The van der Waals surface area contributed by atoms with E-state index in [0.717, 1.165) is 29.1 Å². The third-order valence-corrected chi connectivity index (χ3v) is 4.28. The Kier molecular flexibility index (Phi) is 5.11. The van der Waals surface area contributed by atoms with Crippen molar-refractivity contribution in [2.75, 3.05) is 0 Å². The van der Waals surface area contributed by atoms with E-state index >= 15 is 0 Å². The maximum absolute atomic E-state index is 4.59. The van der Waals surface area contributed by atoms with Crippen LogP contribution in [0.25, 0.3) is 11.3 Å². The number of azo groups is 1. The van der Waals surface area contributed by atoms with E-state index in [1.54, 1.807) is 0 Å². The average Bonchev–Trinajstić information content (AvgIpc) is 2.75. The third-order valence-electron chi connectivity index (χ3n) is 4.28. The number of nitrogens with zero attached hydrogens (tertiary/aromatic N) is 3. The van der Waals surface area contributed by atoms with Crippen LogP contribution in [-0.2, 0) is 6.42 Å². The molecule has 27 heavy (non-hydrogen) atoms. The van der Waals surface area contributed by atoms with Crippen LogP contribution in [0, 0.1) is 0 Å². The normalized spacial score (nSPS) is 11.0. The first kappa shape index (κ1) is 16.9. The molecule has 3 heteroatoms. The molecule has 0 spiro atoms. The van der Waals surface area contributed by atoms with Gasteiger partial charge in [-0.15, -0.1) is 0 Å². The van der Waals surface area contributed by atoms with Gasteiger partial charge in [0.15, 0.2) is 0 Å². The molecule has 4 rings (SSSR count). The van der Waals surface area contributed by atoms with E-state index in [4.69, 9.17) is 0 Å². The van der Waals surface area contributed by atoms with E-state index in [-0.39, 0.29) is 0 Å². The fourth-order valence-electron chi connectivity index (χ4n) is 2.84. The summed E-state index contributed by atoms with van der Waals surface area (Å²) in [5.74, 6) is 0. The smallest absolute Gasteiger partial charge is 0.0857 e. The molecule has 0 amide bonds. The van der Waals surface area contributed by atoms with Gasteiger partial charge in [0.2, 0.25) is 0 Å². The second-order valence-electron chi connectivity index (χ2n) is 6.30. The lowest BCUT2D eigenvalue weighted by atomic mass is 10.0. The molecule has 0 aliphatic carbocycles. The highest BCUT2D eigenvalue weighted by molar-refractivity contribution is 5.58. The van der Waals surface area contributed by atoms with Gasteiger partial charge >= 0.3 is 0 Å². The molecule has 0 N–H and O–H groups in total. The van der Waals surface area contributed by atoms with Crippen molar-refractivity contribution in [3.63, 3.8) is 0 Å². The predicted molar refractivity (Wildman–Crippen MR) is 110 cm³/mol.